The molecule has 0 saturated heterocycles. The smallest absolute Gasteiger partial charge is 0.329 e. The Morgan fingerprint density at radius 2 is 1.77 bits per heavy atom. The molecule has 0 aromatic heterocycles. The van der Waals surface area contributed by atoms with E-state index in [2.05, 4.69) is 21.2 Å². The molecule has 0 aliphatic carbocycles. The van der Waals surface area contributed by atoms with Gasteiger partial charge >= 0.3 is 11.8 Å². The summed E-state index contributed by atoms with van der Waals surface area (Å²) in [5.41, 5.74) is 4.89. The number of nitrogens with zero attached hydrogens (tertiary/aromatic N) is 1. The predicted octanol–water partition coefficient (Wildman–Crippen LogP) is 3.57. The Labute approximate surface area is 206 Å². The van der Waals surface area contributed by atoms with Crippen molar-refractivity contribution >= 4 is 41.2 Å². The van der Waals surface area contributed by atoms with Crippen LogP contribution >= 0.6 is 11.6 Å². The van der Waals surface area contributed by atoms with Crippen LogP contribution in [0.15, 0.2) is 71.8 Å². The maximum absolute atomic E-state index is 13.2. The second kappa shape index (κ2) is 12.3. The van der Waals surface area contributed by atoms with E-state index in [1.165, 1.54) is 18.3 Å². The number of hydrogen-bond acceptors (Lipinski definition) is 5. The van der Waals surface area contributed by atoms with Gasteiger partial charge in [-0.3, -0.25) is 14.4 Å². The van der Waals surface area contributed by atoms with Gasteiger partial charge in [0.25, 0.3) is 5.91 Å². The van der Waals surface area contributed by atoms with E-state index in [4.69, 9.17) is 16.3 Å². The molecule has 35 heavy (non-hydrogen) atoms. The largest absolute Gasteiger partial charge is 0.483 e. The molecule has 10 heteroatoms. The SMILES string of the molecule is Cc1ccc(CNC(=O)C(=O)N/N=C\c2ccccc2OCC(=O)Nc2ccc(F)c(Cl)c2)cc1. The number of para-hydroxylation sites is 1. The first-order valence-corrected chi connectivity index (χ1v) is 10.8. The molecule has 0 aliphatic rings. The quantitative estimate of drug-likeness (QED) is 0.251. The van der Waals surface area contributed by atoms with E-state index in [-0.39, 0.29) is 18.2 Å². The van der Waals surface area contributed by atoms with Gasteiger partial charge in [-0.25, -0.2) is 9.82 Å². The molecular formula is C25H22ClFN4O4. The fraction of sp³-hybridized carbons (Fsp3) is 0.120. The molecule has 0 spiro atoms. The molecule has 0 atom stereocenters. The topological polar surface area (TPSA) is 109 Å². The predicted molar refractivity (Wildman–Crippen MR) is 131 cm³/mol. The minimum Gasteiger partial charge on any atom is -0.483 e. The zero-order valence-electron chi connectivity index (χ0n) is 18.7. The molecule has 0 radical (unpaired) electrons. The lowest BCUT2D eigenvalue weighted by Gasteiger charge is -2.10. The van der Waals surface area contributed by atoms with Gasteiger partial charge in [-0.05, 0) is 42.8 Å². The number of hydrogen-bond donors (Lipinski definition) is 3. The highest BCUT2D eigenvalue weighted by atomic mass is 35.5. The van der Waals surface area contributed by atoms with Gasteiger partial charge in [0.2, 0.25) is 0 Å². The second-order valence-corrected chi connectivity index (χ2v) is 7.78. The third-order valence-electron chi connectivity index (χ3n) is 4.63. The maximum Gasteiger partial charge on any atom is 0.329 e. The Balaban J connectivity index is 1.49. The Hall–Kier alpha value is -4.24. The van der Waals surface area contributed by atoms with Gasteiger partial charge in [-0.15, -0.1) is 0 Å². The summed E-state index contributed by atoms with van der Waals surface area (Å²) in [7, 11) is 0. The highest BCUT2D eigenvalue weighted by molar-refractivity contribution is 6.35. The normalized spacial score (nSPS) is 10.6. The van der Waals surface area contributed by atoms with Crippen molar-refractivity contribution in [3.05, 3.63) is 94.3 Å². The highest BCUT2D eigenvalue weighted by Crippen LogP contribution is 2.20. The number of aryl methyl sites for hydroxylation is 1. The van der Waals surface area contributed by atoms with Gasteiger partial charge in [-0.2, -0.15) is 5.10 Å². The van der Waals surface area contributed by atoms with Crippen LogP contribution in [-0.4, -0.2) is 30.5 Å². The number of anilines is 1. The number of ether oxygens (including phenoxy) is 1. The van der Waals surface area contributed by atoms with Crippen LogP contribution in [-0.2, 0) is 20.9 Å². The molecule has 0 saturated carbocycles. The molecule has 3 N–H and O–H groups in total. The first kappa shape index (κ1) is 25.4. The van der Waals surface area contributed by atoms with E-state index >= 15 is 0 Å². The average molecular weight is 497 g/mol. The average Bonchev–Trinajstić information content (AvgIpc) is 2.85. The molecule has 180 valence electrons. The molecule has 0 aliphatic heterocycles. The molecule has 3 aromatic rings. The third kappa shape index (κ3) is 7.94. The summed E-state index contributed by atoms with van der Waals surface area (Å²) < 4.78 is 18.8. The summed E-state index contributed by atoms with van der Waals surface area (Å²) in [6.45, 7) is 1.82. The monoisotopic (exact) mass is 496 g/mol. The molecule has 0 fully saturated rings. The molecule has 3 aromatic carbocycles. The zero-order valence-corrected chi connectivity index (χ0v) is 19.4. The molecular weight excluding hydrogens is 475 g/mol. The standard InChI is InChI=1S/C25H22ClFN4O4/c1-16-6-8-17(9-7-16)13-28-24(33)25(34)31-29-14-18-4-2-3-5-22(18)35-15-23(32)30-19-10-11-21(27)20(26)12-19/h2-12,14H,13,15H2,1H3,(H,28,33)(H,30,32)(H,31,34)/b29-14-. The van der Waals surface area contributed by atoms with Crippen molar-refractivity contribution < 1.29 is 23.5 Å². The van der Waals surface area contributed by atoms with Crippen LogP contribution in [0, 0.1) is 12.7 Å². The van der Waals surface area contributed by atoms with Gasteiger partial charge in [0, 0.05) is 17.8 Å². The van der Waals surface area contributed by atoms with E-state index < -0.39 is 23.5 Å². The second-order valence-electron chi connectivity index (χ2n) is 7.37. The minimum atomic E-state index is -0.927. The summed E-state index contributed by atoms with van der Waals surface area (Å²) in [4.78, 5) is 36.1. The maximum atomic E-state index is 13.2. The van der Waals surface area contributed by atoms with Crippen LogP contribution in [0.3, 0.4) is 0 Å². The lowest BCUT2D eigenvalue weighted by Crippen LogP contribution is -2.37. The molecule has 3 amide bonds. The van der Waals surface area contributed by atoms with E-state index in [0.29, 0.717) is 17.0 Å². The van der Waals surface area contributed by atoms with Crippen molar-refractivity contribution in [1.29, 1.82) is 0 Å². The summed E-state index contributed by atoms with van der Waals surface area (Å²) in [6.07, 6.45) is 1.29. The number of benzene rings is 3. The lowest BCUT2D eigenvalue weighted by atomic mass is 10.1. The number of rotatable bonds is 8. The van der Waals surface area contributed by atoms with E-state index in [0.717, 1.165) is 17.2 Å². The number of carbonyl (C=O) groups is 3. The van der Waals surface area contributed by atoms with Crippen LogP contribution in [0.1, 0.15) is 16.7 Å². The fourth-order valence-corrected chi connectivity index (χ4v) is 2.99. The van der Waals surface area contributed by atoms with E-state index in [9.17, 15) is 18.8 Å². The molecule has 8 nitrogen and oxygen atoms in total. The van der Waals surface area contributed by atoms with Gasteiger partial charge < -0.3 is 15.4 Å². The van der Waals surface area contributed by atoms with Crippen molar-refractivity contribution in [1.82, 2.24) is 10.7 Å². The first-order chi connectivity index (χ1) is 16.8. The molecule has 0 heterocycles. The minimum absolute atomic E-state index is 0.115. The summed E-state index contributed by atoms with van der Waals surface area (Å²) in [5, 5.41) is 8.73. The summed E-state index contributed by atoms with van der Waals surface area (Å²) in [5.74, 6) is -2.52. The number of nitrogens with one attached hydrogen (secondary N) is 3. The molecule has 3 rings (SSSR count). The van der Waals surface area contributed by atoms with Crippen LogP contribution in [0.25, 0.3) is 0 Å². The Morgan fingerprint density at radius 1 is 1.03 bits per heavy atom. The lowest BCUT2D eigenvalue weighted by molar-refractivity contribution is -0.139. The Morgan fingerprint density at radius 3 is 2.51 bits per heavy atom. The third-order valence-corrected chi connectivity index (χ3v) is 4.92. The Kier molecular flexibility index (Phi) is 8.91. The number of hydrazone groups is 1. The van der Waals surface area contributed by atoms with Crippen molar-refractivity contribution in [2.45, 2.75) is 13.5 Å². The highest BCUT2D eigenvalue weighted by Gasteiger charge is 2.12. The zero-order chi connectivity index (χ0) is 25.2. The van der Waals surface area contributed by atoms with E-state index in [1.54, 1.807) is 24.3 Å². The van der Waals surface area contributed by atoms with Crippen molar-refractivity contribution in [2.24, 2.45) is 5.10 Å². The van der Waals surface area contributed by atoms with Crippen molar-refractivity contribution in [3.63, 3.8) is 0 Å². The van der Waals surface area contributed by atoms with Crippen LogP contribution < -0.4 is 20.8 Å². The number of halogens is 2. The summed E-state index contributed by atoms with van der Waals surface area (Å²) >= 11 is 5.70. The summed E-state index contributed by atoms with van der Waals surface area (Å²) in [6, 6.07) is 18.0. The Bertz CT molecular complexity index is 1250. The van der Waals surface area contributed by atoms with Crippen LogP contribution in [0.5, 0.6) is 5.75 Å². The van der Waals surface area contributed by atoms with Gasteiger partial charge in [0.05, 0.1) is 11.2 Å². The van der Waals surface area contributed by atoms with Crippen LogP contribution in [0.4, 0.5) is 10.1 Å². The van der Waals surface area contributed by atoms with Gasteiger partial charge in [-0.1, -0.05) is 53.6 Å². The van der Waals surface area contributed by atoms with Gasteiger partial charge in [0.15, 0.2) is 6.61 Å². The number of carbonyl (C=O) groups excluding carboxylic acids is 3. The first-order valence-electron chi connectivity index (χ1n) is 10.5. The van der Waals surface area contributed by atoms with Gasteiger partial charge in [0.1, 0.15) is 11.6 Å². The van der Waals surface area contributed by atoms with Crippen LogP contribution in [0.2, 0.25) is 5.02 Å². The van der Waals surface area contributed by atoms with E-state index in [1.807, 2.05) is 31.2 Å². The number of amides is 3. The molecule has 0 unspecified atom stereocenters. The van der Waals surface area contributed by atoms with Crippen molar-refractivity contribution in [3.8, 4) is 5.75 Å². The van der Waals surface area contributed by atoms with Crippen molar-refractivity contribution in [2.75, 3.05) is 11.9 Å². The molecule has 0 bridgehead atoms. The fourth-order valence-electron chi connectivity index (χ4n) is 2.81.